The maximum absolute atomic E-state index is 12.9. The van der Waals surface area contributed by atoms with Crippen molar-refractivity contribution in [3.8, 4) is 0 Å². The Morgan fingerprint density at radius 3 is 2.43 bits per heavy atom. The summed E-state index contributed by atoms with van der Waals surface area (Å²) in [6, 6.07) is 0. The second-order valence-corrected chi connectivity index (χ2v) is 8.44. The number of carbonyl (C=O) groups is 1. The molecule has 0 aromatic rings. The molecule has 1 heterocycles. The fourth-order valence-corrected chi connectivity index (χ4v) is 3.73. The molecule has 4 heteroatoms. The van der Waals surface area contributed by atoms with Gasteiger partial charge in [0.15, 0.2) is 0 Å². The summed E-state index contributed by atoms with van der Waals surface area (Å²) in [6.45, 7) is 15.2. The predicted molar refractivity (Wildman–Crippen MR) is 84.9 cm³/mol. The SMILES string of the molecule is CCOC1CC(N)(C(=O)N2CCC(C(C)(C)C)C2)C1(C)C. The van der Waals surface area contributed by atoms with E-state index in [1.54, 1.807) is 0 Å². The molecular weight excluding hydrogens is 264 g/mol. The van der Waals surface area contributed by atoms with E-state index in [4.69, 9.17) is 10.5 Å². The van der Waals surface area contributed by atoms with E-state index in [1.807, 2.05) is 11.8 Å². The molecule has 4 nitrogen and oxygen atoms in total. The molecule has 0 aromatic carbocycles. The van der Waals surface area contributed by atoms with Crippen molar-refractivity contribution in [1.82, 2.24) is 4.90 Å². The standard InChI is InChI=1S/C17H32N2O2/c1-7-21-13-10-17(18,16(13,5)6)14(20)19-9-8-12(11-19)15(2,3)4/h12-13H,7-11,18H2,1-6H3. The summed E-state index contributed by atoms with van der Waals surface area (Å²) in [5.41, 5.74) is 5.70. The first-order valence-corrected chi connectivity index (χ1v) is 8.24. The van der Waals surface area contributed by atoms with Crippen molar-refractivity contribution in [3.05, 3.63) is 0 Å². The molecule has 122 valence electrons. The van der Waals surface area contributed by atoms with Crippen LogP contribution in [0, 0.1) is 16.7 Å². The summed E-state index contributed by atoms with van der Waals surface area (Å²) in [6.07, 6.45) is 1.82. The first kappa shape index (κ1) is 16.8. The molecule has 0 aromatic heterocycles. The molecule has 1 amide bonds. The third-order valence-corrected chi connectivity index (χ3v) is 5.91. The van der Waals surface area contributed by atoms with E-state index in [-0.39, 0.29) is 22.8 Å². The van der Waals surface area contributed by atoms with Crippen molar-refractivity contribution in [3.63, 3.8) is 0 Å². The molecule has 1 aliphatic carbocycles. The molecular formula is C17H32N2O2. The summed E-state index contributed by atoms with van der Waals surface area (Å²) >= 11 is 0. The fraction of sp³-hybridized carbons (Fsp3) is 0.941. The van der Waals surface area contributed by atoms with Crippen LogP contribution >= 0.6 is 0 Å². The van der Waals surface area contributed by atoms with Crippen LogP contribution in [0.2, 0.25) is 0 Å². The largest absolute Gasteiger partial charge is 0.378 e. The second kappa shape index (κ2) is 5.24. The van der Waals surface area contributed by atoms with Gasteiger partial charge >= 0.3 is 0 Å². The van der Waals surface area contributed by atoms with E-state index in [0.717, 1.165) is 19.5 Å². The molecule has 21 heavy (non-hydrogen) atoms. The lowest BCUT2D eigenvalue weighted by Crippen LogP contribution is -2.75. The quantitative estimate of drug-likeness (QED) is 0.870. The average Bonchev–Trinajstić information content (AvgIpc) is 2.86. The summed E-state index contributed by atoms with van der Waals surface area (Å²) in [4.78, 5) is 14.9. The van der Waals surface area contributed by atoms with Crippen LogP contribution < -0.4 is 5.73 Å². The molecule has 0 spiro atoms. The summed E-state index contributed by atoms with van der Waals surface area (Å²) < 4.78 is 5.73. The summed E-state index contributed by atoms with van der Waals surface area (Å²) in [5.74, 6) is 0.686. The molecule has 3 unspecified atom stereocenters. The van der Waals surface area contributed by atoms with Crippen molar-refractivity contribution < 1.29 is 9.53 Å². The van der Waals surface area contributed by atoms with Gasteiger partial charge in [0.05, 0.1) is 6.10 Å². The lowest BCUT2D eigenvalue weighted by molar-refractivity contribution is -0.178. The lowest BCUT2D eigenvalue weighted by atomic mass is 9.54. The number of hydrogen-bond donors (Lipinski definition) is 1. The molecule has 1 saturated carbocycles. The smallest absolute Gasteiger partial charge is 0.243 e. The fourth-order valence-electron chi connectivity index (χ4n) is 3.73. The van der Waals surface area contributed by atoms with Gasteiger partial charge in [-0.15, -0.1) is 0 Å². The second-order valence-electron chi connectivity index (χ2n) is 8.44. The minimum Gasteiger partial charge on any atom is -0.378 e. The number of nitrogens with zero attached hydrogens (tertiary/aromatic N) is 1. The van der Waals surface area contributed by atoms with E-state index in [0.29, 0.717) is 18.9 Å². The van der Waals surface area contributed by atoms with Crippen LogP contribution in [-0.2, 0) is 9.53 Å². The Morgan fingerprint density at radius 1 is 1.38 bits per heavy atom. The number of carbonyl (C=O) groups excluding carboxylic acids is 1. The first-order chi connectivity index (χ1) is 9.54. The third kappa shape index (κ3) is 2.61. The van der Waals surface area contributed by atoms with Gasteiger partial charge in [-0.25, -0.2) is 0 Å². The van der Waals surface area contributed by atoms with Crippen LogP contribution in [0.25, 0.3) is 0 Å². The Hall–Kier alpha value is -0.610. The minimum atomic E-state index is -0.764. The van der Waals surface area contributed by atoms with Gasteiger partial charge < -0.3 is 15.4 Å². The number of nitrogens with two attached hydrogens (primary N) is 1. The Morgan fingerprint density at radius 2 is 2.00 bits per heavy atom. The van der Waals surface area contributed by atoms with Crippen molar-refractivity contribution >= 4 is 5.91 Å². The van der Waals surface area contributed by atoms with Gasteiger partial charge in [0.2, 0.25) is 5.91 Å². The topological polar surface area (TPSA) is 55.6 Å². The Balaban J connectivity index is 2.05. The molecule has 2 aliphatic rings. The van der Waals surface area contributed by atoms with Crippen LogP contribution in [0.3, 0.4) is 0 Å². The molecule has 1 aliphatic heterocycles. The van der Waals surface area contributed by atoms with Crippen LogP contribution in [0.1, 0.15) is 54.4 Å². The molecule has 1 saturated heterocycles. The van der Waals surface area contributed by atoms with Gasteiger partial charge in [0.1, 0.15) is 5.54 Å². The molecule has 2 N–H and O–H groups in total. The summed E-state index contributed by atoms with van der Waals surface area (Å²) in [5, 5.41) is 0. The van der Waals surface area contributed by atoms with E-state index >= 15 is 0 Å². The van der Waals surface area contributed by atoms with E-state index in [2.05, 4.69) is 34.6 Å². The first-order valence-electron chi connectivity index (χ1n) is 8.24. The minimum absolute atomic E-state index is 0.0949. The Labute approximate surface area is 129 Å². The van der Waals surface area contributed by atoms with Gasteiger partial charge in [-0.1, -0.05) is 34.6 Å². The van der Waals surface area contributed by atoms with Crippen LogP contribution in [0.15, 0.2) is 0 Å². The van der Waals surface area contributed by atoms with Crippen LogP contribution in [-0.4, -0.2) is 42.1 Å². The summed E-state index contributed by atoms with van der Waals surface area (Å²) in [7, 11) is 0. The van der Waals surface area contributed by atoms with E-state index < -0.39 is 5.54 Å². The highest BCUT2D eigenvalue weighted by molar-refractivity contribution is 5.89. The van der Waals surface area contributed by atoms with Gasteiger partial charge in [-0.3, -0.25) is 4.79 Å². The van der Waals surface area contributed by atoms with E-state index in [1.165, 1.54) is 0 Å². The predicted octanol–water partition coefficient (Wildman–Crippen LogP) is 2.41. The van der Waals surface area contributed by atoms with Crippen LogP contribution in [0.4, 0.5) is 0 Å². The maximum atomic E-state index is 12.9. The average molecular weight is 296 g/mol. The Bertz CT molecular complexity index is 414. The zero-order chi connectivity index (χ0) is 16.1. The van der Waals surface area contributed by atoms with Gasteiger partial charge in [0, 0.05) is 31.5 Å². The van der Waals surface area contributed by atoms with Crippen molar-refractivity contribution in [1.29, 1.82) is 0 Å². The highest BCUT2D eigenvalue weighted by Gasteiger charge is 2.64. The molecule has 0 bridgehead atoms. The monoisotopic (exact) mass is 296 g/mol. The normalized spacial score (nSPS) is 35.7. The zero-order valence-corrected chi connectivity index (χ0v) is 14.5. The number of hydrogen-bond acceptors (Lipinski definition) is 3. The van der Waals surface area contributed by atoms with Crippen molar-refractivity contribution in [2.45, 2.75) is 66.0 Å². The highest BCUT2D eigenvalue weighted by Crippen LogP contribution is 2.51. The number of amides is 1. The molecule has 2 rings (SSSR count). The highest BCUT2D eigenvalue weighted by atomic mass is 16.5. The van der Waals surface area contributed by atoms with Gasteiger partial charge in [-0.05, 0) is 24.7 Å². The zero-order valence-electron chi connectivity index (χ0n) is 14.5. The molecule has 2 fully saturated rings. The van der Waals surface area contributed by atoms with Crippen LogP contribution in [0.5, 0.6) is 0 Å². The Kier molecular flexibility index (Phi) is 4.18. The van der Waals surface area contributed by atoms with E-state index in [9.17, 15) is 4.79 Å². The van der Waals surface area contributed by atoms with Gasteiger partial charge in [-0.2, -0.15) is 0 Å². The lowest BCUT2D eigenvalue weighted by Gasteiger charge is -2.58. The number of ether oxygens (including phenoxy) is 1. The molecule has 0 radical (unpaired) electrons. The number of rotatable bonds is 3. The van der Waals surface area contributed by atoms with Crippen molar-refractivity contribution in [2.24, 2.45) is 22.5 Å². The van der Waals surface area contributed by atoms with Gasteiger partial charge in [0.25, 0.3) is 0 Å². The number of likely N-dealkylation sites (tertiary alicyclic amines) is 1. The molecule has 3 atom stereocenters. The third-order valence-electron chi connectivity index (χ3n) is 5.91. The maximum Gasteiger partial charge on any atom is 0.243 e. The van der Waals surface area contributed by atoms with Crippen molar-refractivity contribution in [2.75, 3.05) is 19.7 Å².